The number of hydrogen-bond acceptors (Lipinski definition) is 2. The Morgan fingerprint density at radius 3 is 2.41 bits per heavy atom. The molecule has 5 heteroatoms. The highest BCUT2D eigenvalue weighted by Gasteiger charge is 2.14. The minimum absolute atomic E-state index is 0.151. The van der Waals surface area contributed by atoms with Gasteiger partial charge in [-0.3, -0.25) is 0 Å². The molecular formula is C17H19Cl2FN2. The van der Waals surface area contributed by atoms with Gasteiger partial charge in [0.05, 0.1) is 10.0 Å². The van der Waals surface area contributed by atoms with Gasteiger partial charge in [-0.05, 0) is 43.4 Å². The number of likely N-dealkylation sites (N-methyl/N-ethyl adjacent to an activating group) is 1. The molecule has 0 heterocycles. The maximum absolute atomic E-state index is 13.1. The van der Waals surface area contributed by atoms with Crippen LogP contribution in [-0.4, -0.2) is 25.5 Å². The van der Waals surface area contributed by atoms with E-state index in [0.717, 1.165) is 17.7 Å². The number of rotatable bonds is 6. The van der Waals surface area contributed by atoms with Crippen molar-refractivity contribution in [3.63, 3.8) is 0 Å². The van der Waals surface area contributed by atoms with Crippen molar-refractivity contribution in [2.75, 3.05) is 20.6 Å². The maximum atomic E-state index is 13.1. The van der Waals surface area contributed by atoms with Crippen LogP contribution in [0, 0.1) is 5.82 Å². The van der Waals surface area contributed by atoms with Crippen LogP contribution in [0.25, 0.3) is 0 Å². The van der Waals surface area contributed by atoms with Gasteiger partial charge in [-0.25, -0.2) is 4.39 Å². The van der Waals surface area contributed by atoms with Gasteiger partial charge in [-0.2, -0.15) is 0 Å². The van der Waals surface area contributed by atoms with Gasteiger partial charge < -0.3 is 10.2 Å². The van der Waals surface area contributed by atoms with Gasteiger partial charge in [0.1, 0.15) is 5.82 Å². The third-order valence-corrected chi connectivity index (χ3v) is 4.42. The lowest BCUT2D eigenvalue weighted by Crippen LogP contribution is -2.30. The molecule has 0 aliphatic carbocycles. The zero-order valence-corrected chi connectivity index (χ0v) is 14.1. The average Bonchev–Trinajstić information content (AvgIpc) is 2.49. The number of benzene rings is 2. The first-order valence-corrected chi connectivity index (χ1v) is 7.80. The summed E-state index contributed by atoms with van der Waals surface area (Å²) >= 11 is 12.2. The van der Waals surface area contributed by atoms with Gasteiger partial charge in [0.25, 0.3) is 0 Å². The monoisotopic (exact) mass is 340 g/mol. The molecule has 1 atom stereocenters. The van der Waals surface area contributed by atoms with Crippen molar-refractivity contribution < 1.29 is 4.39 Å². The van der Waals surface area contributed by atoms with E-state index in [4.69, 9.17) is 23.2 Å². The van der Waals surface area contributed by atoms with Crippen LogP contribution in [0.3, 0.4) is 0 Å². The van der Waals surface area contributed by atoms with Crippen molar-refractivity contribution in [1.29, 1.82) is 0 Å². The molecule has 1 unspecified atom stereocenters. The van der Waals surface area contributed by atoms with Crippen molar-refractivity contribution in [1.82, 2.24) is 10.2 Å². The lowest BCUT2D eigenvalue weighted by molar-refractivity contribution is 0.288. The number of halogens is 3. The lowest BCUT2D eigenvalue weighted by Gasteiger charge is -2.25. The van der Waals surface area contributed by atoms with Crippen molar-refractivity contribution >= 4 is 23.2 Å². The zero-order valence-electron chi connectivity index (χ0n) is 12.6. The Morgan fingerprint density at radius 1 is 1.09 bits per heavy atom. The predicted octanol–water partition coefficient (Wildman–Crippen LogP) is 4.53. The van der Waals surface area contributed by atoms with E-state index in [-0.39, 0.29) is 11.9 Å². The van der Waals surface area contributed by atoms with E-state index in [0.29, 0.717) is 16.6 Å². The molecule has 118 valence electrons. The van der Waals surface area contributed by atoms with Crippen molar-refractivity contribution in [2.24, 2.45) is 0 Å². The molecule has 0 aromatic heterocycles. The van der Waals surface area contributed by atoms with Crippen LogP contribution in [0.4, 0.5) is 4.39 Å². The molecule has 2 aromatic rings. The van der Waals surface area contributed by atoms with Crippen LogP contribution >= 0.6 is 23.2 Å². The fourth-order valence-corrected chi connectivity index (χ4v) is 2.70. The molecule has 0 fully saturated rings. The first kappa shape index (κ1) is 17.2. The van der Waals surface area contributed by atoms with Gasteiger partial charge in [0, 0.05) is 19.1 Å². The van der Waals surface area contributed by atoms with E-state index in [1.807, 2.05) is 38.4 Å². The van der Waals surface area contributed by atoms with Gasteiger partial charge in [0.15, 0.2) is 0 Å². The van der Waals surface area contributed by atoms with E-state index in [1.54, 1.807) is 6.07 Å². The summed E-state index contributed by atoms with van der Waals surface area (Å²) in [6.45, 7) is 1.35. The van der Waals surface area contributed by atoms with Crippen molar-refractivity contribution in [3.05, 3.63) is 69.5 Å². The molecular weight excluding hydrogens is 322 g/mol. The molecule has 2 rings (SSSR count). The van der Waals surface area contributed by atoms with Gasteiger partial charge >= 0.3 is 0 Å². The van der Waals surface area contributed by atoms with E-state index in [1.165, 1.54) is 12.1 Å². The van der Waals surface area contributed by atoms with Crippen LogP contribution in [0.5, 0.6) is 0 Å². The van der Waals surface area contributed by atoms with Crippen LogP contribution in [0.1, 0.15) is 17.2 Å². The Morgan fingerprint density at radius 2 is 1.77 bits per heavy atom. The molecule has 0 bridgehead atoms. The number of nitrogens with zero attached hydrogens (tertiary/aromatic N) is 1. The fourth-order valence-electron chi connectivity index (χ4n) is 2.31. The number of nitrogens with one attached hydrogen (secondary N) is 1. The van der Waals surface area contributed by atoms with Crippen molar-refractivity contribution in [2.45, 2.75) is 12.6 Å². The fraction of sp³-hybridized carbons (Fsp3) is 0.294. The summed E-state index contributed by atoms with van der Waals surface area (Å²) in [4.78, 5) is 2.10. The average molecular weight is 341 g/mol. The molecule has 0 aliphatic heterocycles. The van der Waals surface area contributed by atoms with Crippen LogP contribution in [-0.2, 0) is 6.54 Å². The second-order valence-electron chi connectivity index (χ2n) is 5.37. The Balaban J connectivity index is 2.01. The second-order valence-corrected chi connectivity index (χ2v) is 6.16. The molecule has 0 spiro atoms. The summed E-state index contributed by atoms with van der Waals surface area (Å²) in [5.74, 6) is -0.222. The second kappa shape index (κ2) is 7.93. The largest absolute Gasteiger partial charge is 0.311 e. The quantitative estimate of drug-likeness (QED) is 0.831. The molecule has 2 nitrogen and oxygen atoms in total. The molecule has 0 aliphatic rings. The summed E-state index contributed by atoms with van der Waals surface area (Å²) in [5, 5.41) is 4.53. The molecule has 1 N–H and O–H groups in total. The van der Waals surface area contributed by atoms with E-state index in [9.17, 15) is 4.39 Å². The van der Waals surface area contributed by atoms with Gasteiger partial charge in [-0.1, -0.05) is 47.5 Å². The normalized spacial score (nSPS) is 12.6. The smallest absolute Gasteiger partial charge is 0.123 e. The van der Waals surface area contributed by atoms with Crippen molar-refractivity contribution in [3.8, 4) is 0 Å². The summed E-state index contributed by atoms with van der Waals surface area (Å²) in [7, 11) is 4.00. The molecule has 0 saturated carbocycles. The predicted molar refractivity (Wildman–Crippen MR) is 91.0 cm³/mol. The summed E-state index contributed by atoms with van der Waals surface area (Å²) < 4.78 is 13.1. The summed E-state index contributed by atoms with van der Waals surface area (Å²) in [6.07, 6.45) is 0. The topological polar surface area (TPSA) is 15.3 Å². The Labute approximate surface area is 140 Å². The van der Waals surface area contributed by atoms with Crippen LogP contribution in [0.2, 0.25) is 10.0 Å². The van der Waals surface area contributed by atoms with E-state index < -0.39 is 0 Å². The van der Waals surface area contributed by atoms with E-state index >= 15 is 0 Å². The Bertz CT molecular complexity index is 615. The van der Waals surface area contributed by atoms with Gasteiger partial charge in [-0.15, -0.1) is 0 Å². The van der Waals surface area contributed by atoms with E-state index in [2.05, 4.69) is 10.2 Å². The zero-order chi connectivity index (χ0) is 16.1. The highest BCUT2D eigenvalue weighted by atomic mass is 35.5. The first-order chi connectivity index (χ1) is 10.5. The summed E-state index contributed by atoms with van der Waals surface area (Å²) in [5.41, 5.74) is 2.03. The Kier molecular flexibility index (Phi) is 6.21. The molecule has 0 radical (unpaired) electrons. The third-order valence-electron chi connectivity index (χ3n) is 3.56. The highest BCUT2D eigenvalue weighted by Crippen LogP contribution is 2.25. The molecule has 0 saturated heterocycles. The molecule has 2 aromatic carbocycles. The summed E-state index contributed by atoms with van der Waals surface area (Å²) in [6, 6.07) is 12.4. The minimum Gasteiger partial charge on any atom is -0.311 e. The number of hydrogen-bond donors (Lipinski definition) is 1. The van der Waals surface area contributed by atoms with Crippen LogP contribution in [0.15, 0.2) is 42.5 Å². The highest BCUT2D eigenvalue weighted by molar-refractivity contribution is 6.42. The minimum atomic E-state index is -0.222. The first-order valence-electron chi connectivity index (χ1n) is 7.04. The molecule has 0 amide bonds. The Hall–Kier alpha value is -1.13. The maximum Gasteiger partial charge on any atom is 0.123 e. The van der Waals surface area contributed by atoms with Gasteiger partial charge in [0.2, 0.25) is 0 Å². The van der Waals surface area contributed by atoms with Crippen LogP contribution < -0.4 is 5.32 Å². The standard InChI is InChI=1S/C17H19Cl2FN2/c1-22(2)16(12-6-8-14(20)9-7-12)11-21-10-13-4-3-5-15(18)17(13)19/h3-9,16,21H,10-11H2,1-2H3. The lowest BCUT2D eigenvalue weighted by atomic mass is 10.1. The SMILES string of the molecule is CN(C)C(CNCc1cccc(Cl)c1Cl)c1ccc(F)cc1. The molecule has 22 heavy (non-hydrogen) atoms. The third kappa shape index (κ3) is 4.43.